The lowest BCUT2D eigenvalue weighted by Gasteiger charge is -2.28. The molecule has 0 saturated carbocycles. The number of nitrogens with zero attached hydrogens (tertiary/aromatic N) is 1. The fourth-order valence-corrected chi connectivity index (χ4v) is 2.34. The van der Waals surface area contributed by atoms with Crippen LogP contribution in [0.5, 0.6) is 0 Å². The number of piperazine rings is 1. The summed E-state index contributed by atoms with van der Waals surface area (Å²) in [6, 6.07) is 6.86. The standard InChI is InChI=1S/C15H22F2N2/c1-12(2)15(16,17)14-5-3-4-13(10-14)11-19-8-6-18-7-9-19/h3-5,10,12,18H,6-9,11H2,1-2H3. The van der Waals surface area contributed by atoms with E-state index in [1.165, 1.54) is 6.07 Å². The zero-order valence-corrected chi connectivity index (χ0v) is 11.6. The van der Waals surface area contributed by atoms with Crippen molar-refractivity contribution in [2.75, 3.05) is 26.2 Å². The Morgan fingerprint density at radius 2 is 1.95 bits per heavy atom. The molecule has 1 aliphatic rings. The highest BCUT2D eigenvalue weighted by molar-refractivity contribution is 5.27. The number of halogens is 2. The summed E-state index contributed by atoms with van der Waals surface area (Å²) in [5.41, 5.74) is 1.11. The van der Waals surface area contributed by atoms with E-state index in [2.05, 4.69) is 10.2 Å². The third kappa shape index (κ3) is 3.51. The summed E-state index contributed by atoms with van der Waals surface area (Å²) in [4.78, 5) is 2.29. The van der Waals surface area contributed by atoms with E-state index in [0.717, 1.165) is 38.3 Å². The van der Waals surface area contributed by atoms with Gasteiger partial charge in [-0.3, -0.25) is 4.90 Å². The lowest BCUT2D eigenvalue weighted by atomic mass is 9.96. The number of hydrogen-bond donors (Lipinski definition) is 1. The molecule has 4 heteroatoms. The minimum Gasteiger partial charge on any atom is -0.314 e. The number of benzene rings is 1. The van der Waals surface area contributed by atoms with Crippen LogP contribution >= 0.6 is 0 Å². The van der Waals surface area contributed by atoms with E-state index in [-0.39, 0.29) is 5.56 Å². The summed E-state index contributed by atoms with van der Waals surface area (Å²) >= 11 is 0. The Kier molecular flexibility index (Phi) is 4.53. The van der Waals surface area contributed by atoms with Crippen LogP contribution in [0.2, 0.25) is 0 Å². The molecule has 1 saturated heterocycles. The van der Waals surface area contributed by atoms with Crippen molar-refractivity contribution in [2.24, 2.45) is 5.92 Å². The third-order valence-corrected chi connectivity index (χ3v) is 3.65. The zero-order chi connectivity index (χ0) is 13.9. The third-order valence-electron chi connectivity index (χ3n) is 3.65. The fourth-order valence-electron chi connectivity index (χ4n) is 2.34. The predicted octanol–water partition coefficient (Wildman–Crippen LogP) is 2.84. The minimum absolute atomic E-state index is 0.134. The topological polar surface area (TPSA) is 15.3 Å². The van der Waals surface area contributed by atoms with Gasteiger partial charge in [-0.15, -0.1) is 0 Å². The van der Waals surface area contributed by atoms with Gasteiger partial charge in [-0.2, -0.15) is 0 Å². The molecule has 0 unspecified atom stereocenters. The van der Waals surface area contributed by atoms with E-state index in [4.69, 9.17) is 0 Å². The highest BCUT2D eigenvalue weighted by Gasteiger charge is 2.35. The Hall–Kier alpha value is -1.00. The largest absolute Gasteiger partial charge is 0.314 e. The lowest BCUT2D eigenvalue weighted by molar-refractivity contribution is -0.0514. The van der Waals surface area contributed by atoms with Crippen molar-refractivity contribution in [3.8, 4) is 0 Å². The van der Waals surface area contributed by atoms with Crippen LogP contribution in [0.25, 0.3) is 0 Å². The van der Waals surface area contributed by atoms with Gasteiger partial charge < -0.3 is 5.32 Å². The number of alkyl halides is 2. The van der Waals surface area contributed by atoms with Crippen molar-refractivity contribution < 1.29 is 8.78 Å². The molecular formula is C15H22F2N2. The van der Waals surface area contributed by atoms with E-state index in [1.54, 1.807) is 26.0 Å². The Balaban J connectivity index is 2.10. The highest BCUT2D eigenvalue weighted by atomic mass is 19.3. The molecule has 1 N–H and O–H groups in total. The van der Waals surface area contributed by atoms with Crippen LogP contribution in [-0.4, -0.2) is 31.1 Å². The molecule has 19 heavy (non-hydrogen) atoms. The maximum Gasteiger partial charge on any atom is 0.275 e. The molecule has 1 heterocycles. The van der Waals surface area contributed by atoms with Gasteiger partial charge in [0, 0.05) is 44.2 Å². The molecule has 1 aromatic rings. The van der Waals surface area contributed by atoms with Gasteiger partial charge in [0.15, 0.2) is 0 Å². The average Bonchev–Trinajstić information content (AvgIpc) is 2.40. The van der Waals surface area contributed by atoms with Crippen molar-refractivity contribution in [3.05, 3.63) is 35.4 Å². The molecule has 0 amide bonds. The van der Waals surface area contributed by atoms with Crippen LogP contribution in [0.4, 0.5) is 8.78 Å². The molecule has 2 rings (SSSR count). The zero-order valence-electron chi connectivity index (χ0n) is 11.6. The first-order chi connectivity index (χ1) is 9.00. The molecule has 0 atom stereocenters. The van der Waals surface area contributed by atoms with Gasteiger partial charge in [-0.05, 0) is 11.6 Å². The van der Waals surface area contributed by atoms with Crippen molar-refractivity contribution >= 4 is 0 Å². The van der Waals surface area contributed by atoms with Crippen molar-refractivity contribution in [1.82, 2.24) is 10.2 Å². The van der Waals surface area contributed by atoms with Crippen LogP contribution in [0.15, 0.2) is 24.3 Å². The van der Waals surface area contributed by atoms with Crippen LogP contribution in [0.1, 0.15) is 25.0 Å². The Labute approximate surface area is 113 Å². The first-order valence-electron chi connectivity index (χ1n) is 6.90. The van der Waals surface area contributed by atoms with Crippen LogP contribution < -0.4 is 5.32 Å². The maximum atomic E-state index is 14.0. The second-order valence-electron chi connectivity index (χ2n) is 5.50. The van der Waals surface area contributed by atoms with Crippen LogP contribution in [-0.2, 0) is 12.5 Å². The van der Waals surface area contributed by atoms with Gasteiger partial charge in [-0.1, -0.05) is 32.0 Å². The number of nitrogens with one attached hydrogen (secondary N) is 1. The molecule has 1 aliphatic heterocycles. The van der Waals surface area contributed by atoms with E-state index < -0.39 is 11.8 Å². The van der Waals surface area contributed by atoms with E-state index >= 15 is 0 Å². The van der Waals surface area contributed by atoms with Crippen molar-refractivity contribution in [1.29, 1.82) is 0 Å². The Morgan fingerprint density at radius 3 is 2.58 bits per heavy atom. The monoisotopic (exact) mass is 268 g/mol. The summed E-state index contributed by atoms with van der Waals surface area (Å²) in [6.07, 6.45) is 0. The molecule has 0 radical (unpaired) electrons. The van der Waals surface area contributed by atoms with Gasteiger partial charge in [-0.25, -0.2) is 8.78 Å². The van der Waals surface area contributed by atoms with Crippen molar-refractivity contribution in [2.45, 2.75) is 26.3 Å². The molecular weight excluding hydrogens is 246 g/mol. The summed E-state index contributed by atoms with van der Waals surface area (Å²) in [5.74, 6) is -3.43. The van der Waals surface area contributed by atoms with Gasteiger partial charge >= 0.3 is 0 Å². The van der Waals surface area contributed by atoms with Crippen molar-refractivity contribution in [3.63, 3.8) is 0 Å². The molecule has 0 bridgehead atoms. The summed E-state index contributed by atoms with van der Waals surface area (Å²) in [6.45, 7) is 7.77. The first-order valence-corrected chi connectivity index (χ1v) is 6.90. The van der Waals surface area contributed by atoms with Gasteiger partial charge in [0.25, 0.3) is 5.92 Å². The second kappa shape index (κ2) is 5.97. The quantitative estimate of drug-likeness (QED) is 0.903. The number of rotatable bonds is 4. The molecule has 2 nitrogen and oxygen atoms in total. The summed E-state index contributed by atoms with van der Waals surface area (Å²) < 4.78 is 28.0. The predicted molar refractivity (Wildman–Crippen MR) is 73.3 cm³/mol. The average molecular weight is 268 g/mol. The van der Waals surface area contributed by atoms with Gasteiger partial charge in [0.05, 0.1) is 0 Å². The number of hydrogen-bond acceptors (Lipinski definition) is 2. The van der Waals surface area contributed by atoms with Crippen LogP contribution in [0, 0.1) is 5.92 Å². The van der Waals surface area contributed by atoms with Gasteiger partial charge in [0.2, 0.25) is 0 Å². The van der Waals surface area contributed by atoms with E-state index in [9.17, 15) is 8.78 Å². The Morgan fingerprint density at radius 1 is 1.26 bits per heavy atom. The first kappa shape index (κ1) is 14.4. The molecule has 106 valence electrons. The Bertz CT molecular complexity index is 412. The smallest absolute Gasteiger partial charge is 0.275 e. The van der Waals surface area contributed by atoms with Gasteiger partial charge in [0.1, 0.15) is 0 Å². The van der Waals surface area contributed by atoms with Crippen LogP contribution in [0.3, 0.4) is 0 Å². The molecule has 0 aromatic heterocycles. The minimum atomic E-state index is -2.75. The fraction of sp³-hybridized carbons (Fsp3) is 0.600. The van der Waals surface area contributed by atoms with E-state index in [1.807, 2.05) is 6.07 Å². The lowest BCUT2D eigenvalue weighted by Crippen LogP contribution is -2.42. The SMILES string of the molecule is CC(C)C(F)(F)c1cccc(CN2CCNCC2)c1. The normalized spacial score (nSPS) is 17.9. The molecule has 0 aliphatic carbocycles. The summed E-state index contributed by atoms with van der Waals surface area (Å²) in [7, 11) is 0. The maximum absolute atomic E-state index is 14.0. The molecule has 1 fully saturated rings. The molecule has 1 aromatic carbocycles. The second-order valence-corrected chi connectivity index (χ2v) is 5.50. The summed E-state index contributed by atoms with van der Waals surface area (Å²) in [5, 5.41) is 3.29. The van der Waals surface area contributed by atoms with E-state index in [0.29, 0.717) is 0 Å². The highest BCUT2D eigenvalue weighted by Crippen LogP contribution is 2.35. The molecule has 0 spiro atoms.